The summed E-state index contributed by atoms with van der Waals surface area (Å²) >= 11 is 1.10. The molecule has 0 saturated heterocycles. The zero-order valence-electron chi connectivity index (χ0n) is 14.5. The molecular formula is C19H19NO5S. The monoisotopic (exact) mass is 373 g/mol. The number of phenols is 4. The number of benzene rings is 2. The lowest BCUT2D eigenvalue weighted by Gasteiger charge is -2.07. The number of fused-ring (bicyclic) bond motifs is 1. The van der Waals surface area contributed by atoms with Gasteiger partial charge >= 0.3 is 0 Å². The highest BCUT2D eigenvalue weighted by Gasteiger charge is 2.16. The van der Waals surface area contributed by atoms with Crippen molar-refractivity contribution in [1.29, 1.82) is 0 Å². The Hall–Kier alpha value is -3.06. The number of hydrogen-bond acceptors (Lipinski definition) is 7. The molecule has 1 aromatic carbocycles. The number of nitrogens with zero attached hydrogens (tertiary/aromatic N) is 1. The van der Waals surface area contributed by atoms with Gasteiger partial charge in [0.2, 0.25) is 0 Å². The minimum absolute atomic E-state index is 0.161. The largest absolute Gasteiger partial charge is 0.504 e. The summed E-state index contributed by atoms with van der Waals surface area (Å²) in [6.07, 6.45) is 4.79. The molecule has 1 heterocycles. The molecule has 6 nitrogen and oxygen atoms in total. The van der Waals surface area contributed by atoms with Gasteiger partial charge < -0.3 is 20.4 Å². The van der Waals surface area contributed by atoms with Crippen molar-refractivity contribution >= 4 is 23.5 Å². The Labute approximate surface area is 154 Å². The molecule has 0 fully saturated rings. The average molecular weight is 373 g/mol. The molecule has 1 aliphatic carbocycles. The Morgan fingerprint density at radius 1 is 0.962 bits per heavy atom. The van der Waals surface area contributed by atoms with E-state index in [1.165, 1.54) is 18.3 Å². The number of rotatable bonds is 2. The molecule has 0 radical (unpaired) electrons. The zero-order chi connectivity index (χ0) is 19.4. The van der Waals surface area contributed by atoms with E-state index in [9.17, 15) is 25.2 Å². The van der Waals surface area contributed by atoms with Crippen molar-refractivity contribution in [1.82, 2.24) is 4.98 Å². The highest BCUT2D eigenvalue weighted by atomic mass is 32.1. The normalized spacial score (nSPS) is 10.7. The zero-order valence-corrected chi connectivity index (χ0v) is 15.3. The number of aromatic hydroxyl groups is 4. The van der Waals surface area contributed by atoms with Crippen molar-refractivity contribution in [2.75, 3.05) is 0 Å². The van der Waals surface area contributed by atoms with E-state index in [1.807, 2.05) is 13.8 Å². The van der Waals surface area contributed by atoms with E-state index in [1.54, 1.807) is 25.1 Å². The van der Waals surface area contributed by atoms with Crippen molar-refractivity contribution in [2.45, 2.75) is 20.8 Å². The first-order valence-corrected chi connectivity index (χ1v) is 8.74. The van der Waals surface area contributed by atoms with Crippen LogP contribution in [-0.2, 0) is 0 Å². The van der Waals surface area contributed by atoms with Crippen LogP contribution in [0.1, 0.15) is 30.0 Å². The Morgan fingerprint density at radius 2 is 1.65 bits per heavy atom. The van der Waals surface area contributed by atoms with Gasteiger partial charge in [0.25, 0.3) is 5.43 Å². The molecule has 1 aliphatic heterocycles. The predicted molar refractivity (Wildman–Crippen MR) is 103 cm³/mol. The Morgan fingerprint density at radius 3 is 2.31 bits per heavy atom. The molecule has 0 spiro atoms. The number of phenolic OH excluding ortho intramolecular Hbond substituents is 4. The van der Waals surface area contributed by atoms with Crippen LogP contribution in [0.3, 0.4) is 0 Å². The standard InChI is InChI=1S/C17H13NO5S.C2H6/c1-8-4-9(5-11(19)14(8)21)2-3-13-18-7-10-6-12(20)15(22)16(23)17(10)24-13;1-2/h2-7,19-21,23H,1H3;1-2H3/b3-2+;. The SMILES string of the molecule is CC.Cc1cc(/C=C/c2ncc3cc(O)c(=O)c(O)c-3s2)cc(O)c1O. The average Bonchev–Trinajstić information content (AvgIpc) is 2.64. The van der Waals surface area contributed by atoms with Gasteiger partial charge in [-0.25, -0.2) is 4.98 Å². The maximum atomic E-state index is 11.6. The molecule has 0 bridgehead atoms. The summed E-state index contributed by atoms with van der Waals surface area (Å²) in [4.78, 5) is 16.1. The van der Waals surface area contributed by atoms with E-state index < -0.39 is 16.9 Å². The first-order valence-electron chi connectivity index (χ1n) is 7.92. The van der Waals surface area contributed by atoms with Gasteiger partial charge in [-0.3, -0.25) is 4.79 Å². The van der Waals surface area contributed by atoms with Crippen LogP contribution >= 0.6 is 11.3 Å². The highest BCUT2D eigenvalue weighted by molar-refractivity contribution is 7.16. The maximum absolute atomic E-state index is 11.6. The van der Waals surface area contributed by atoms with Crippen LogP contribution in [0.2, 0.25) is 0 Å². The maximum Gasteiger partial charge on any atom is 0.263 e. The van der Waals surface area contributed by atoms with Gasteiger partial charge in [0.15, 0.2) is 23.0 Å². The summed E-state index contributed by atoms with van der Waals surface area (Å²) < 4.78 is 0. The fourth-order valence-corrected chi connectivity index (χ4v) is 3.11. The first-order chi connectivity index (χ1) is 12.4. The van der Waals surface area contributed by atoms with Crippen LogP contribution < -0.4 is 5.43 Å². The summed E-state index contributed by atoms with van der Waals surface area (Å²) in [7, 11) is 0. The molecule has 7 heteroatoms. The van der Waals surface area contributed by atoms with Crippen LogP contribution in [0.15, 0.2) is 29.2 Å². The number of aromatic nitrogens is 1. The smallest absolute Gasteiger partial charge is 0.263 e. The van der Waals surface area contributed by atoms with Crippen molar-refractivity contribution in [3.63, 3.8) is 0 Å². The third kappa shape index (κ3) is 3.78. The van der Waals surface area contributed by atoms with Gasteiger partial charge in [0.05, 0.1) is 4.88 Å². The summed E-state index contributed by atoms with van der Waals surface area (Å²) in [5.74, 6) is -1.40. The van der Waals surface area contributed by atoms with Crippen LogP contribution in [0.25, 0.3) is 22.6 Å². The Bertz CT molecular complexity index is 971. The van der Waals surface area contributed by atoms with Gasteiger partial charge in [-0.15, -0.1) is 11.3 Å². The van der Waals surface area contributed by atoms with Crippen molar-refractivity contribution in [2.24, 2.45) is 0 Å². The number of aryl methyl sites for hydroxylation is 1. The van der Waals surface area contributed by atoms with Crippen LogP contribution in [0.4, 0.5) is 0 Å². The second-order valence-electron chi connectivity index (χ2n) is 5.23. The molecule has 0 amide bonds. The molecule has 136 valence electrons. The minimum Gasteiger partial charge on any atom is -0.504 e. The van der Waals surface area contributed by atoms with Crippen molar-refractivity contribution in [3.8, 4) is 33.4 Å². The van der Waals surface area contributed by atoms with Crippen LogP contribution in [0.5, 0.6) is 23.0 Å². The molecule has 0 atom stereocenters. The summed E-state index contributed by atoms with van der Waals surface area (Å²) in [6, 6.07) is 4.37. The molecule has 0 aromatic heterocycles. The number of hydrogen-bond donors (Lipinski definition) is 4. The highest BCUT2D eigenvalue weighted by Crippen LogP contribution is 2.36. The summed E-state index contributed by atoms with van der Waals surface area (Å²) in [5.41, 5.74) is 0.842. The van der Waals surface area contributed by atoms with E-state index in [2.05, 4.69) is 4.98 Å². The lowest BCUT2D eigenvalue weighted by atomic mass is 10.1. The van der Waals surface area contributed by atoms with Crippen LogP contribution in [-0.4, -0.2) is 25.4 Å². The third-order valence-corrected chi connectivity index (χ3v) is 4.56. The van der Waals surface area contributed by atoms with Gasteiger partial charge in [0.1, 0.15) is 5.01 Å². The topological polar surface area (TPSA) is 111 Å². The molecule has 0 saturated carbocycles. The molecule has 4 N–H and O–H groups in total. The lowest BCUT2D eigenvalue weighted by Crippen LogP contribution is -2.01. The van der Waals surface area contributed by atoms with Gasteiger partial charge in [0, 0.05) is 11.8 Å². The van der Waals surface area contributed by atoms with E-state index in [0.717, 1.165) is 11.3 Å². The quantitative estimate of drug-likeness (QED) is 0.507. The molecule has 0 unspecified atom stereocenters. The second-order valence-corrected chi connectivity index (χ2v) is 6.26. The minimum atomic E-state index is -0.820. The predicted octanol–water partition coefficient (Wildman–Crippen LogP) is 3.94. The molecule has 26 heavy (non-hydrogen) atoms. The van der Waals surface area contributed by atoms with Crippen molar-refractivity contribution in [3.05, 3.63) is 50.8 Å². The van der Waals surface area contributed by atoms with Gasteiger partial charge in [-0.05, 0) is 42.3 Å². The van der Waals surface area contributed by atoms with Gasteiger partial charge in [-0.1, -0.05) is 19.9 Å². The first kappa shape index (κ1) is 19.3. The second kappa shape index (κ2) is 7.88. The fraction of sp³-hybridized carbons (Fsp3) is 0.158. The summed E-state index contributed by atoms with van der Waals surface area (Å²) in [6.45, 7) is 5.67. The van der Waals surface area contributed by atoms with Gasteiger partial charge in [-0.2, -0.15) is 0 Å². The van der Waals surface area contributed by atoms with Crippen LogP contribution in [0, 0.1) is 6.92 Å². The lowest BCUT2D eigenvalue weighted by molar-refractivity contribution is 0.401. The molecule has 2 aliphatic rings. The van der Waals surface area contributed by atoms with Crippen molar-refractivity contribution < 1.29 is 20.4 Å². The van der Waals surface area contributed by atoms with E-state index in [4.69, 9.17) is 0 Å². The Kier molecular flexibility index (Phi) is 5.84. The third-order valence-electron chi connectivity index (χ3n) is 3.48. The Balaban J connectivity index is 0.00000117. The van der Waals surface area contributed by atoms with E-state index in [0.29, 0.717) is 26.6 Å². The fourth-order valence-electron chi connectivity index (χ4n) is 2.24. The molecular weight excluding hydrogens is 354 g/mol. The molecule has 3 rings (SSSR count). The van der Waals surface area contributed by atoms with E-state index >= 15 is 0 Å². The summed E-state index contributed by atoms with van der Waals surface area (Å²) in [5, 5.41) is 39.0. The molecule has 1 aromatic rings. The van der Waals surface area contributed by atoms with E-state index in [-0.39, 0.29) is 11.5 Å².